The molecule has 2 aromatic carbocycles. The average Bonchev–Trinajstić information content (AvgIpc) is 3.04. The standard InChI is InChI=1S/C21H14ClFN4O3S/c1-11-6-8-13(9-7-11)31(29,30)27-12(2)10-14-18-24-16-5-3-4-15(23)17(16)20(28)26(18)21(22)25-19(14)27/h3-10H,1-2H3. The van der Waals surface area contributed by atoms with E-state index in [0.717, 1.165) is 20.0 Å². The first kappa shape index (κ1) is 19.7. The second kappa shape index (κ2) is 6.60. The van der Waals surface area contributed by atoms with Gasteiger partial charge in [-0.3, -0.25) is 4.79 Å². The maximum atomic E-state index is 14.3. The smallest absolute Gasteiger partial charge is 0.268 e. The van der Waals surface area contributed by atoms with Crippen LogP contribution in [0.3, 0.4) is 0 Å². The maximum Gasteiger partial charge on any atom is 0.271 e. The molecule has 0 unspecified atom stereocenters. The van der Waals surface area contributed by atoms with Crippen LogP contribution in [-0.2, 0) is 10.0 Å². The summed E-state index contributed by atoms with van der Waals surface area (Å²) < 4.78 is 43.0. The molecule has 0 aliphatic rings. The average molecular weight is 457 g/mol. The molecule has 5 rings (SSSR count). The Balaban J connectivity index is 1.92. The van der Waals surface area contributed by atoms with Gasteiger partial charge in [-0.05, 0) is 55.8 Å². The highest BCUT2D eigenvalue weighted by molar-refractivity contribution is 7.90. The van der Waals surface area contributed by atoms with E-state index in [0.29, 0.717) is 11.1 Å². The van der Waals surface area contributed by atoms with Crippen LogP contribution in [0.25, 0.3) is 27.6 Å². The van der Waals surface area contributed by atoms with Gasteiger partial charge in [0, 0.05) is 5.69 Å². The van der Waals surface area contributed by atoms with Crippen LogP contribution in [0.5, 0.6) is 0 Å². The van der Waals surface area contributed by atoms with E-state index in [1.54, 1.807) is 25.1 Å². The number of fused-ring (bicyclic) bond motifs is 4. The molecule has 0 radical (unpaired) electrons. The second-order valence-electron chi connectivity index (χ2n) is 7.20. The summed E-state index contributed by atoms with van der Waals surface area (Å²) in [7, 11) is -3.99. The minimum absolute atomic E-state index is 0.0331. The van der Waals surface area contributed by atoms with Gasteiger partial charge in [0.25, 0.3) is 15.6 Å². The largest absolute Gasteiger partial charge is 0.271 e. The highest BCUT2D eigenvalue weighted by Crippen LogP contribution is 2.28. The summed E-state index contributed by atoms with van der Waals surface area (Å²) in [5, 5.41) is -0.226. The Morgan fingerprint density at radius 1 is 1.00 bits per heavy atom. The van der Waals surface area contributed by atoms with Gasteiger partial charge in [0.05, 0.1) is 15.8 Å². The van der Waals surface area contributed by atoms with Gasteiger partial charge in [-0.1, -0.05) is 23.8 Å². The van der Waals surface area contributed by atoms with Gasteiger partial charge in [0.15, 0.2) is 11.3 Å². The summed E-state index contributed by atoms with van der Waals surface area (Å²) in [5.74, 6) is -0.726. The summed E-state index contributed by atoms with van der Waals surface area (Å²) in [6.45, 7) is 3.47. The van der Waals surface area contributed by atoms with Crippen LogP contribution in [0.2, 0.25) is 5.28 Å². The summed E-state index contributed by atoms with van der Waals surface area (Å²) in [4.78, 5) is 21.6. The van der Waals surface area contributed by atoms with Crippen LogP contribution in [0, 0.1) is 19.7 Å². The number of rotatable bonds is 2. The van der Waals surface area contributed by atoms with Crippen molar-refractivity contribution in [3.63, 3.8) is 0 Å². The number of aryl methyl sites for hydroxylation is 2. The molecule has 0 atom stereocenters. The summed E-state index contributed by atoms with van der Waals surface area (Å²) in [5.41, 5.74) is 0.832. The highest BCUT2D eigenvalue weighted by atomic mass is 35.5. The molecule has 156 valence electrons. The Labute approximate surface area is 180 Å². The van der Waals surface area contributed by atoms with E-state index in [1.807, 2.05) is 6.92 Å². The fraction of sp³-hybridized carbons (Fsp3) is 0.0952. The Morgan fingerprint density at radius 2 is 1.71 bits per heavy atom. The number of benzene rings is 2. The third-order valence-corrected chi connectivity index (χ3v) is 7.20. The van der Waals surface area contributed by atoms with Crippen molar-refractivity contribution in [1.82, 2.24) is 18.3 Å². The van der Waals surface area contributed by atoms with Gasteiger partial charge in [0.2, 0.25) is 5.28 Å². The first-order valence-corrected chi connectivity index (χ1v) is 11.0. The van der Waals surface area contributed by atoms with Crippen molar-refractivity contribution >= 4 is 49.2 Å². The molecule has 31 heavy (non-hydrogen) atoms. The van der Waals surface area contributed by atoms with E-state index in [9.17, 15) is 17.6 Å². The van der Waals surface area contributed by atoms with E-state index in [2.05, 4.69) is 9.97 Å². The van der Waals surface area contributed by atoms with E-state index in [4.69, 9.17) is 11.6 Å². The fourth-order valence-corrected chi connectivity index (χ4v) is 5.40. The predicted molar refractivity (Wildman–Crippen MR) is 116 cm³/mol. The van der Waals surface area contributed by atoms with Crippen LogP contribution < -0.4 is 5.56 Å². The third kappa shape index (κ3) is 2.77. The number of hydrogen-bond acceptors (Lipinski definition) is 5. The van der Waals surface area contributed by atoms with E-state index in [1.165, 1.54) is 24.3 Å². The minimum atomic E-state index is -3.99. The third-order valence-electron chi connectivity index (χ3n) is 5.14. The quantitative estimate of drug-likeness (QED) is 0.297. The van der Waals surface area contributed by atoms with Crippen LogP contribution in [0.15, 0.2) is 58.2 Å². The zero-order chi connectivity index (χ0) is 22.1. The molecule has 0 N–H and O–H groups in total. The van der Waals surface area contributed by atoms with Gasteiger partial charge >= 0.3 is 0 Å². The molecule has 0 saturated carbocycles. The lowest BCUT2D eigenvalue weighted by Gasteiger charge is -2.11. The Kier molecular flexibility index (Phi) is 4.18. The summed E-state index contributed by atoms with van der Waals surface area (Å²) in [6, 6.07) is 12.1. The Morgan fingerprint density at radius 3 is 2.42 bits per heavy atom. The monoisotopic (exact) mass is 456 g/mol. The lowest BCUT2D eigenvalue weighted by Crippen LogP contribution is -2.19. The molecule has 5 aromatic rings. The van der Waals surface area contributed by atoms with Crippen LogP contribution in [0.1, 0.15) is 11.3 Å². The molecule has 0 amide bonds. The molecule has 0 saturated heterocycles. The van der Waals surface area contributed by atoms with Gasteiger partial charge in [-0.2, -0.15) is 4.98 Å². The topological polar surface area (TPSA) is 86.3 Å². The number of halogens is 2. The number of hydrogen-bond donors (Lipinski definition) is 0. The summed E-state index contributed by atoms with van der Waals surface area (Å²) in [6.07, 6.45) is 0. The van der Waals surface area contributed by atoms with E-state index < -0.39 is 21.4 Å². The van der Waals surface area contributed by atoms with Crippen molar-refractivity contribution in [1.29, 1.82) is 0 Å². The van der Waals surface area contributed by atoms with Crippen molar-refractivity contribution in [3.8, 4) is 0 Å². The molecule has 0 bridgehead atoms. The number of nitrogens with zero attached hydrogens (tertiary/aromatic N) is 4. The predicted octanol–water partition coefficient (Wildman–Crippen LogP) is 3.84. The maximum absolute atomic E-state index is 14.3. The Hall–Kier alpha value is -3.30. The van der Waals surface area contributed by atoms with Gasteiger partial charge in [-0.25, -0.2) is 26.2 Å². The van der Waals surface area contributed by atoms with Crippen molar-refractivity contribution in [2.75, 3.05) is 0 Å². The molecule has 3 heterocycles. The molecule has 3 aromatic heterocycles. The minimum Gasteiger partial charge on any atom is -0.268 e. The normalized spacial score (nSPS) is 12.3. The lowest BCUT2D eigenvalue weighted by atomic mass is 10.2. The van der Waals surface area contributed by atoms with Crippen molar-refractivity contribution < 1.29 is 12.8 Å². The van der Waals surface area contributed by atoms with Gasteiger partial charge < -0.3 is 0 Å². The first-order chi connectivity index (χ1) is 14.7. The van der Waals surface area contributed by atoms with Crippen molar-refractivity contribution in [2.24, 2.45) is 0 Å². The molecule has 0 aliphatic carbocycles. The molecular formula is C21H14ClFN4O3S. The van der Waals surface area contributed by atoms with Crippen LogP contribution in [-0.4, -0.2) is 26.8 Å². The SMILES string of the molecule is Cc1ccc(S(=O)(=O)n2c(C)cc3c2nc(Cl)n2c(=O)c4c(F)cccc4nc32)cc1. The summed E-state index contributed by atoms with van der Waals surface area (Å²) >= 11 is 6.27. The van der Waals surface area contributed by atoms with Crippen molar-refractivity contribution in [3.05, 3.63) is 81.2 Å². The molecule has 0 fully saturated rings. The van der Waals surface area contributed by atoms with Gasteiger partial charge in [-0.15, -0.1) is 0 Å². The Bertz CT molecular complexity index is 1710. The lowest BCUT2D eigenvalue weighted by molar-refractivity contribution is 0.587. The van der Waals surface area contributed by atoms with E-state index >= 15 is 0 Å². The molecule has 10 heteroatoms. The molecule has 0 spiro atoms. The number of aromatic nitrogens is 4. The zero-order valence-electron chi connectivity index (χ0n) is 16.3. The highest BCUT2D eigenvalue weighted by Gasteiger charge is 2.25. The van der Waals surface area contributed by atoms with Gasteiger partial charge in [0.1, 0.15) is 11.2 Å². The van der Waals surface area contributed by atoms with Crippen LogP contribution >= 0.6 is 11.6 Å². The van der Waals surface area contributed by atoms with E-state index in [-0.39, 0.29) is 32.4 Å². The fourth-order valence-electron chi connectivity index (χ4n) is 3.68. The van der Waals surface area contributed by atoms with Crippen molar-refractivity contribution in [2.45, 2.75) is 18.7 Å². The second-order valence-corrected chi connectivity index (χ2v) is 9.32. The molecular weight excluding hydrogens is 443 g/mol. The first-order valence-electron chi connectivity index (χ1n) is 9.21. The molecule has 0 aliphatic heterocycles. The van der Waals surface area contributed by atoms with Crippen LogP contribution in [0.4, 0.5) is 4.39 Å². The molecule has 7 nitrogen and oxygen atoms in total. The zero-order valence-corrected chi connectivity index (χ0v) is 17.9.